The summed E-state index contributed by atoms with van der Waals surface area (Å²) < 4.78 is 81.9. The molecule has 102 heavy (non-hydrogen) atoms. The summed E-state index contributed by atoms with van der Waals surface area (Å²) in [4.78, 5) is 41.3. The van der Waals surface area contributed by atoms with E-state index in [1.165, 1.54) is 13.8 Å². The first-order chi connectivity index (χ1) is 47.6. The van der Waals surface area contributed by atoms with Crippen molar-refractivity contribution in [2.24, 2.45) is 50.2 Å². The summed E-state index contributed by atoms with van der Waals surface area (Å²) in [5, 5.41) is 182. The van der Waals surface area contributed by atoms with Crippen LogP contribution in [0.3, 0.4) is 0 Å². The zero-order chi connectivity index (χ0) is 75.1. The Morgan fingerprint density at radius 1 is 0.480 bits per heavy atom. The van der Waals surface area contributed by atoms with Crippen molar-refractivity contribution in [3.05, 3.63) is 23.3 Å². The molecule has 16 N–H and O–H groups in total. The van der Waals surface area contributed by atoms with Gasteiger partial charge in [-0.05, 0) is 121 Å². The average molecular weight is 1460 g/mol. The molecule has 13 unspecified atom stereocenters. The van der Waals surface area contributed by atoms with E-state index in [1.807, 2.05) is 27.7 Å². The van der Waals surface area contributed by atoms with E-state index >= 15 is 0 Å². The molecule has 6 aliphatic heterocycles. The summed E-state index contributed by atoms with van der Waals surface area (Å²) in [6.07, 6.45) is -48.3. The molecule has 0 radical (unpaired) electrons. The Bertz CT molecular complexity index is 3080. The number of esters is 2. The monoisotopic (exact) mass is 1460 g/mol. The molecule has 1 spiro atoms. The van der Waals surface area contributed by atoms with Crippen molar-refractivity contribution in [3.8, 4) is 0 Å². The van der Waals surface area contributed by atoms with Crippen LogP contribution in [0.15, 0.2) is 23.3 Å². The highest BCUT2D eigenvalue weighted by molar-refractivity contribution is 5.89. The number of carboxylic acid groups (broad SMARTS) is 1. The lowest BCUT2D eigenvalue weighted by Crippen LogP contribution is -2.77. The molecule has 32 heteroatoms. The number of aliphatic hydroxyl groups excluding tert-OH is 15. The Hall–Kier alpha value is -3.15. The molecule has 0 amide bonds. The van der Waals surface area contributed by atoms with E-state index in [1.54, 1.807) is 39.8 Å². The number of fused-ring (bicyclic) bond motifs is 4. The minimum Gasteiger partial charge on any atom is -0.479 e. The Morgan fingerprint density at radius 3 is 1.53 bits per heavy atom. The van der Waals surface area contributed by atoms with E-state index in [2.05, 4.69) is 20.8 Å². The zero-order valence-corrected chi connectivity index (χ0v) is 60.0. The van der Waals surface area contributed by atoms with E-state index in [-0.39, 0.29) is 30.3 Å². The smallest absolute Gasteiger partial charge is 0.335 e. The quantitative estimate of drug-likeness (QED) is 0.0422. The van der Waals surface area contributed by atoms with Crippen LogP contribution in [-0.2, 0) is 76.0 Å². The van der Waals surface area contributed by atoms with Crippen LogP contribution in [0.1, 0.15) is 141 Å². The number of carboxylic acids is 1. The van der Waals surface area contributed by atoms with Crippen molar-refractivity contribution in [1.82, 2.24) is 0 Å². The Kier molecular flexibility index (Phi) is 22.7. The second-order valence-electron chi connectivity index (χ2n) is 32.8. The molecule has 11 rings (SSSR count). The average Bonchev–Trinajstić information content (AvgIpc) is 1.40. The van der Waals surface area contributed by atoms with Crippen molar-refractivity contribution < 1.29 is 158 Å². The normalized spacial score (nSPS) is 53.0. The molecular formula is C70H110O32. The molecule has 0 aromatic heterocycles. The van der Waals surface area contributed by atoms with Crippen molar-refractivity contribution in [1.29, 1.82) is 0 Å². The van der Waals surface area contributed by atoms with Gasteiger partial charge < -0.3 is 143 Å². The van der Waals surface area contributed by atoms with Crippen LogP contribution in [0.4, 0.5) is 0 Å². The summed E-state index contributed by atoms with van der Waals surface area (Å²) >= 11 is 0. The highest BCUT2D eigenvalue weighted by Crippen LogP contribution is 2.82. The van der Waals surface area contributed by atoms with Gasteiger partial charge in [0.2, 0.25) is 0 Å². The molecule has 2 bridgehead atoms. The van der Waals surface area contributed by atoms with Gasteiger partial charge >= 0.3 is 17.9 Å². The number of aliphatic carboxylic acids is 1. The number of ether oxygens (including phenoxy) is 13. The standard InChI is InChI=1S/C70H110O32/c1-14-26(3)56(87)100-53-54(101-57(88)27(4)15-2)70-34(22-64(53,7)8)69(102-63(70)89)21-17-33-66(11)19-18-36(65(9,10)32(66)16-20-67(33,12)68(69,13)23-35(70)73)94-62-52(99-59-46(83)42(79)39(76)30(24-71)92-59)48(47(84)49(96-62)55(85)86)95-61-51(44(81)40(77)31(25-72)93-61)98-60-50(43(80)38(75)29(6)91-60)97-58-45(82)41(78)37(74)28(5)90-58/h14-15,28-54,58-63,71-84,89H,16-25H2,1-13H3,(H,85,86)/b26-14-,27-15-/t28?,29?,30?,31?,32?,33?,34?,35-,36+,37+,38+,39+,40+,41+,42-,43+,44-,45?,46?,47+,48-,49?,50?,51?,52?,53+,54+,58+,59+,60+,61+,62-,63+,66+,67-,68+,69+,70-/m1/s1. The third-order valence-electron chi connectivity index (χ3n) is 26.8. The summed E-state index contributed by atoms with van der Waals surface area (Å²) in [5.74, 6) is -4.06. The maximum atomic E-state index is 14.1. The maximum Gasteiger partial charge on any atom is 0.335 e. The number of hydrogen-bond donors (Lipinski definition) is 16. The summed E-state index contributed by atoms with van der Waals surface area (Å²) in [6.45, 7) is 21.8. The first-order valence-electron chi connectivity index (χ1n) is 35.8. The lowest BCUT2D eigenvalue weighted by molar-refractivity contribution is -0.412. The van der Waals surface area contributed by atoms with Crippen LogP contribution in [0.5, 0.6) is 0 Å². The highest BCUT2D eigenvalue weighted by Gasteiger charge is 2.86. The molecule has 5 aliphatic carbocycles. The number of rotatable bonds is 17. The van der Waals surface area contributed by atoms with Gasteiger partial charge in [-0.15, -0.1) is 0 Å². The fourth-order valence-electron chi connectivity index (χ4n) is 20.6. The van der Waals surface area contributed by atoms with E-state index in [4.69, 9.17) is 61.6 Å². The molecule has 582 valence electrons. The number of carbonyl (C=O) groups is 3. The number of carbonyl (C=O) groups excluding carboxylic acids is 2. The van der Waals surface area contributed by atoms with Gasteiger partial charge in [-0.2, -0.15) is 0 Å². The van der Waals surface area contributed by atoms with Crippen LogP contribution in [0.2, 0.25) is 0 Å². The number of allylic oxidation sites excluding steroid dienone is 2. The highest BCUT2D eigenvalue weighted by atomic mass is 16.8. The molecule has 11 aliphatic rings. The van der Waals surface area contributed by atoms with Gasteiger partial charge in [-0.25, -0.2) is 14.4 Å². The molecule has 0 aromatic rings. The largest absolute Gasteiger partial charge is 0.479 e. The molecule has 38 atom stereocenters. The van der Waals surface area contributed by atoms with E-state index in [0.29, 0.717) is 44.1 Å². The third kappa shape index (κ3) is 12.6. The predicted octanol–water partition coefficient (Wildman–Crippen LogP) is -2.08. The lowest BCUT2D eigenvalue weighted by atomic mass is 9.30. The molecule has 6 heterocycles. The second kappa shape index (κ2) is 29.0. The van der Waals surface area contributed by atoms with Gasteiger partial charge in [-0.3, -0.25) is 0 Å². The summed E-state index contributed by atoms with van der Waals surface area (Å²) in [5.41, 5.74) is -6.01. The number of hydrogen-bond acceptors (Lipinski definition) is 31. The van der Waals surface area contributed by atoms with Crippen LogP contribution in [0, 0.1) is 50.2 Å². The Morgan fingerprint density at radius 2 is 0.951 bits per heavy atom. The van der Waals surface area contributed by atoms with E-state index in [0.717, 1.165) is 0 Å². The first kappa shape index (κ1) is 79.9. The summed E-state index contributed by atoms with van der Waals surface area (Å²) in [7, 11) is 0. The van der Waals surface area contributed by atoms with Crippen LogP contribution < -0.4 is 0 Å². The van der Waals surface area contributed by atoms with Crippen LogP contribution in [-0.4, -0.2) is 303 Å². The Labute approximate surface area is 591 Å². The van der Waals surface area contributed by atoms with Gasteiger partial charge in [0.25, 0.3) is 0 Å². The Balaban J connectivity index is 0.915. The second-order valence-corrected chi connectivity index (χ2v) is 32.8. The van der Waals surface area contributed by atoms with E-state index < -0.39 is 259 Å². The predicted molar refractivity (Wildman–Crippen MR) is 343 cm³/mol. The van der Waals surface area contributed by atoms with Gasteiger partial charge in [-0.1, -0.05) is 60.6 Å². The van der Waals surface area contributed by atoms with Gasteiger partial charge in [0.05, 0.1) is 48.6 Å². The maximum absolute atomic E-state index is 14.1. The minimum atomic E-state index is -2.37. The van der Waals surface area contributed by atoms with Crippen LogP contribution in [0.25, 0.3) is 0 Å². The summed E-state index contributed by atoms with van der Waals surface area (Å²) in [6, 6.07) is 0. The first-order valence-corrected chi connectivity index (χ1v) is 35.8. The minimum absolute atomic E-state index is 0.101. The molecule has 11 fully saturated rings. The van der Waals surface area contributed by atoms with Crippen molar-refractivity contribution >= 4 is 17.9 Å². The molecule has 0 aromatic carbocycles. The topological polar surface area (TPSA) is 495 Å². The van der Waals surface area contributed by atoms with Gasteiger partial charge in [0, 0.05) is 27.9 Å². The fourth-order valence-corrected chi connectivity index (χ4v) is 20.6. The van der Waals surface area contributed by atoms with Crippen LogP contribution >= 0.6 is 0 Å². The molecule has 32 nitrogen and oxygen atoms in total. The van der Waals surface area contributed by atoms with Gasteiger partial charge in [0.15, 0.2) is 49.9 Å². The van der Waals surface area contributed by atoms with Gasteiger partial charge in [0.1, 0.15) is 110 Å². The third-order valence-corrected chi connectivity index (χ3v) is 26.8. The van der Waals surface area contributed by atoms with Crippen molar-refractivity contribution in [2.45, 2.75) is 331 Å². The van der Waals surface area contributed by atoms with Crippen molar-refractivity contribution in [3.63, 3.8) is 0 Å². The SMILES string of the molecule is C/C=C(/C)C(=O)O[C@H]1[C@H](OC(=O)/C(C)=C\C)[C@@]23C(CC1(C)C)[C@]1(CCC4[C@@]5(C)CC[C@H](O[C@@H]6OC(C(=O)O)[C@@H](O)[C@@H](O[C@@H]7OC(CO)[C@H](O)[C@@H](O)C7O[C@@H]7OC(C)[C@H](O)[C@H](O)C7O[C@@H]7OC(C)[C@H](O)[C@H](O)C7O)C6O[C@@H]6OC(CO)[C@H](O)[C@@H](O)C6O)C(C)(C)C5CC[C@@]4(C)[C@]1(C)C[C@H]2O)O[C@@H]3O. The zero-order valence-electron chi connectivity index (χ0n) is 60.0. The number of aliphatic hydroxyl groups is 15. The molecule has 6 saturated heterocycles. The fraction of sp³-hybridized carbons (Fsp3) is 0.900. The molecule has 5 saturated carbocycles. The molecular weight excluding hydrogens is 1350 g/mol. The van der Waals surface area contributed by atoms with E-state index in [9.17, 15) is 96.1 Å². The van der Waals surface area contributed by atoms with Crippen molar-refractivity contribution in [2.75, 3.05) is 13.2 Å². The lowest BCUT2D eigenvalue weighted by Gasteiger charge is -2.75.